The lowest BCUT2D eigenvalue weighted by atomic mass is 10.2. The van der Waals surface area contributed by atoms with Crippen LogP contribution in [0.3, 0.4) is 0 Å². The first-order valence-electron chi connectivity index (χ1n) is 5.23. The maximum absolute atomic E-state index is 5.37. The molecule has 0 aromatic carbocycles. The van der Waals surface area contributed by atoms with E-state index < -0.39 is 0 Å². The largest absolute Gasteiger partial charge is 0.464 e. The van der Waals surface area contributed by atoms with Gasteiger partial charge in [0.15, 0.2) is 0 Å². The lowest BCUT2D eigenvalue weighted by Gasteiger charge is -2.28. The summed E-state index contributed by atoms with van der Waals surface area (Å²) in [4.78, 5) is 6.74. The molecule has 1 aliphatic rings. The molecular weight excluding hydrogens is 226 g/mol. The highest BCUT2D eigenvalue weighted by molar-refractivity contribution is 5.88. The minimum Gasteiger partial charge on any atom is -0.464 e. The molecule has 2 aromatic heterocycles. The molecular formula is C11H14ClN3O. The number of halogens is 1. The van der Waals surface area contributed by atoms with E-state index in [-0.39, 0.29) is 12.4 Å². The first-order valence-corrected chi connectivity index (χ1v) is 5.23. The van der Waals surface area contributed by atoms with Crippen LogP contribution in [0.15, 0.2) is 29.0 Å². The van der Waals surface area contributed by atoms with E-state index in [4.69, 9.17) is 4.42 Å². The molecule has 5 heteroatoms. The van der Waals surface area contributed by atoms with Crippen molar-refractivity contribution in [2.24, 2.45) is 0 Å². The van der Waals surface area contributed by atoms with Crippen molar-refractivity contribution in [3.63, 3.8) is 0 Å². The number of nitrogens with one attached hydrogen (secondary N) is 1. The zero-order valence-electron chi connectivity index (χ0n) is 8.85. The molecule has 1 fully saturated rings. The lowest BCUT2D eigenvalue weighted by molar-refractivity contribution is 0.585. The van der Waals surface area contributed by atoms with Gasteiger partial charge >= 0.3 is 0 Å². The third-order valence-electron chi connectivity index (χ3n) is 2.78. The molecule has 4 nitrogen and oxygen atoms in total. The van der Waals surface area contributed by atoms with Gasteiger partial charge in [-0.15, -0.1) is 12.4 Å². The smallest absolute Gasteiger partial charge is 0.139 e. The lowest BCUT2D eigenvalue weighted by Crippen LogP contribution is -2.43. The molecule has 1 saturated heterocycles. The standard InChI is InChI=1S/C11H13N3O.ClH/c1-3-13-11(9-2-8-15-10(1)9)14-6-4-12-5-7-14;/h1-3,8,12H,4-7H2;1H. The summed E-state index contributed by atoms with van der Waals surface area (Å²) < 4.78 is 5.37. The number of pyridine rings is 1. The summed E-state index contributed by atoms with van der Waals surface area (Å²) in [6, 6.07) is 3.89. The molecule has 86 valence electrons. The van der Waals surface area contributed by atoms with Crippen molar-refractivity contribution in [2.75, 3.05) is 31.1 Å². The average molecular weight is 240 g/mol. The Morgan fingerprint density at radius 2 is 2.06 bits per heavy atom. The molecule has 0 saturated carbocycles. The van der Waals surface area contributed by atoms with Gasteiger partial charge in [-0.05, 0) is 12.1 Å². The minimum atomic E-state index is 0. The fourth-order valence-electron chi connectivity index (χ4n) is 2.01. The number of hydrogen-bond donors (Lipinski definition) is 1. The zero-order valence-corrected chi connectivity index (χ0v) is 9.67. The second-order valence-electron chi connectivity index (χ2n) is 3.70. The van der Waals surface area contributed by atoms with E-state index in [1.165, 1.54) is 0 Å². The summed E-state index contributed by atoms with van der Waals surface area (Å²) in [5.41, 5.74) is 0.915. The van der Waals surface area contributed by atoms with Crippen molar-refractivity contribution in [3.8, 4) is 0 Å². The first-order chi connectivity index (χ1) is 7.45. The van der Waals surface area contributed by atoms with E-state index in [0.717, 1.165) is 43.0 Å². The summed E-state index contributed by atoms with van der Waals surface area (Å²) in [6.07, 6.45) is 3.53. The zero-order chi connectivity index (χ0) is 10.1. The Labute approximate surface area is 100 Å². The Morgan fingerprint density at radius 1 is 1.25 bits per heavy atom. The third kappa shape index (κ3) is 1.86. The van der Waals surface area contributed by atoms with Crippen LogP contribution in [0, 0.1) is 0 Å². The van der Waals surface area contributed by atoms with Gasteiger partial charge in [-0.1, -0.05) is 0 Å². The maximum Gasteiger partial charge on any atom is 0.139 e. The van der Waals surface area contributed by atoms with Crippen LogP contribution in [0.2, 0.25) is 0 Å². The molecule has 0 radical (unpaired) electrons. The normalized spacial score (nSPS) is 16.1. The van der Waals surface area contributed by atoms with Gasteiger partial charge in [0.1, 0.15) is 11.4 Å². The van der Waals surface area contributed by atoms with E-state index in [0.29, 0.717) is 0 Å². The van der Waals surface area contributed by atoms with Crippen molar-refractivity contribution < 1.29 is 4.42 Å². The monoisotopic (exact) mass is 239 g/mol. The number of furan rings is 1. The summed E-state index contributed by atoms with van der Waals surface area (Å²) in [5, 5.41) is 4.44. The highest BCUT2D eigenvalue weighted by Gasteiger charge is 2.14. The Hall–Kier alpha value is -1.26. The number of fused-ring (bicyclic) bond motifs is 1. The van der Waals surface area contributed by atoms with E-state index in [1.54, 1.807) is 6.26 Å². The molecule has 0 unspecified atom stereocenters. The molecule has 16 heavy (non-hydrogen) atoms. The summed E-state index contributed by atoms with van der Waals surface area (Å²) in [7, 11) is 0. The van der Waals surface area contributed by atoms with Crippen LogP contribution in [0.25, 0.3) is 11.0 Å². The first kappa shape index (κ1) is 11.2. The molecule has 3 rings (SSSR count). The van der Waals surface area contributed by atoms with Gasteiger partial charge in [0.05, 0.1) is 11.6 Å². The number of piperazine rings is 1. The number of aromatic nitrogens is 1. The van der Waals surface area contributed by atoms with Gasteiger partial charge in [0.25, 0.3) is 0 Å². The van der Waals surface area contributed by atoms with Gasteiger partial charge in [-0.3, -0.25) is 0 Å². The molecule has 0 atom stereocenters. The topological polar surface area (TPSA) is 41.3 Å². The third-order valence-corrected chi connectivity index (χ3v) is 2.78. The van der Waals surface area contributed by atoms with Crippen molar-refractivity contribution in [1.82, 2.24) is 10.3 Å². The maximum atomic E-state index is 5.37. The van der Waals surface area contributed by atoms with Gasteiger partial charge in [-0.25, -0.2) is 4.98 Å². The molecule has 0 aliphatic carbocycles. The van der Waals surface area contributed by atoms with Crippen LogP contribution in [-0.2, 0) is 0 Å². The van der Waals surface area contributed by atoms with Crippen LogP contribution in [0.5, 0.6) is 0 Å². The Balaban J connectivity index is 0.000000963. The molecule has 1 N–H and O–H groups in total. The van der Waals surface area contributed by atoms with Gasteiger partial charge in [0.2, 0.25) is 0 Å². The highest BCUT2D eigenvalue weighted by Crippen LogP contribution is 2.25. The van der Waals surface area contributed by atoms with E-state index >= 15 is 0 Å². The van der Waals surface area contributed by atoms with Crippen molar-refractivity contribution >= 4 is 29.2 Å². The van der Waals surface area contributed by atoms with Crippen LogP contribution >= 0.6 is 12.4 Å². The fourth-order valence-corrected chi connectivity index (χ4v) is 2.01. The van der Waals surface area contributed by atoms with Crippen molar-refractivity contribution in [2.45, 2.75) is 0 Å². The summed E-state index contributed by atoms with van der Waals surface area (Å²) in [6.45, 7) is 4.07. The predicted molar refractivity (Wildman–Crippen MR) is 66.3 cm³/mol. The molecule has 0 amide bonds. The number of anilines is 1. The Bertz CT molecular complexity index is 465. The van der Waals surface area contributed by atoms with Crippen molar-refractivity contribution in [3.05, 3.63) is 24.6 Å². The average Bonchev–Trinajstić information content (AvgIpc) is 2.78. The quantitative estimate of drug-likeness (QED) is 0.822. The van der Waals surface area contributed by atoms with Gasteiger partial charge in [-0.2, -0.15) is 0 Å². The predicted octanol–water partition coefficient (Wildman–Crippen LogP) is 1.66. The van der Waals surface area contributed by atoms with Crippen LogP contribution in [-0.4, -0.2) is 31.2 Å². The highest BCUT2D eigenvalue weighted by atomic mass is 35.5. The number of nitrogens with zero attached hydrogens (tertiary/aromatic N) is 2. The number of rotatable bonds is 1. The molecule has 3 heterocycles. The Kier molecular flexibility index (Phi) is 3.31. The van der Waals surface area contributed by atoms with Crippen LogP contribution in [0.1, 0.15) is 0 Å². The molecule has 2 aromatic rings. The van der Waals surface area contributed by atoms with Crippen LogP contribution < -0.4 is 10.2 Å². The van der Waals surface area contributed by atoms with E-state index in [1.807, 2.05) is 18.3 Å². The summed E-state index contributed by atoms with van der Waals surface area (Å²) >= 11 is 0. The number of hydrogen-bond acceptors (Lipinski definition) is 4. The van der Waals surface area contributed by atoms with Gasteiger partial charge in [0, 0.05) is 32.4 Å². The van der Waals surface area contributed by atoms with Gasteiger partial charge < -0.3 is 14.6 Å². The minimum absolute atomic E-state index is 0. The molecule has 0 spiro atoms. The summed E-state index contributed by atoms with van der Waals surface area (Å²) in [5.74, 6) is 1.04. The fraction of sp³-hybridized carbons (Fsp3) is 0.364. The second-order valence-corrected chi connectivity index (χ2v) is 3.70. The molecule has 0 bridgehead atoms. The Morgan fingerprint density at radius 3 is 2.88 bits per heavy atom. The molecule has 1 aliphatic heterocycles. The van der Waals surface area contributed by atoms with Crippen LogP contribution in [0.4, 0.5) is 5.82 Å². The SMILES string of the molecule is Cl.c1cc2occc2c(N2CCNCC2)n1. The second kappa shape index (κ2) is 4.72. The van der Waals surface area contributed by atoms with Crippen molar-refractivity contribution in [1.29, 1.82) is 0 Å². The van der Waals surface area contributed by atoms with E-state index in [9.17, 15) is 0 Å². The van der Waals surface area contributed by atoms with E-state index in [2.05, 4.69) is 15.2 Å².